The van der Waals surface area contributed by atoms with Crippen LogP contribution in [0, 0.1) is 5.82 Å². The van der Waals surface area contributed by atoms with Crippen LogP contribution in [0.5, 0.6) is 0 Å². The summed E-state index contributed by atoms with van der Waals surface area (Å²) in [5.74, 6) is -1.11. The molecule has 4 N–H and O–H groups in total. The molecule has 1 atom stereocenters. The van der Waals surface area contributed by atoms with Crippen LogP contribution in [0.2, 0.25) is 0 Å². The molecular formula is C12H16FN3O2. The van der Waals surface area contributed by atoms with Crippen LogP contribution in [-0.4, -0.2) is 24.9 Å². The van der Waals surface area contributed by atoms with Crippen molar-refractivity contribution < 1.29 is 14.0 Å². The summed E-state index contributed by atoms with van der Waals surface area (Å²) >= 11 is 0. The molecule has 0 bridgehead atoms. The molecule has 1 aromatic carbocycles. The van der Waals surface area contributed by atoms with Gasteiger partial charge in [-0.1, -0.05) is 12.1 Å². The number of hydrogen-bond donors (Lipinski definition) is 3. The third-order valence-corrected chi connectivity index (χ3v) is 2.36. The molecule has 0 saturated carbocycles. The molecule has 6 heteroatoms. The van der Waals surface area contributed by atoms with Crippen molar-refractivity contribution in [3.63, 3.8) is 0 Å². The van der Waals surface area contributed by atoms with Crippen molar-refractivity contribution >= 4 is 11.8 Å². The molecule has 2 amide bonds. The van der Waals surface area contributed by atoms with Crippen LogP contribution in [0.3, 0.4) is 0 Å². The van der Waals surface area contributed by atoms with Crippen LogP contribution < -0.4 is 16.4 Å². The molecule has 98 valence electrons. The molecular weight excluding hydrogens is 237 g/mol. The topological polar surface area (TPSA) is 84.2 Å². The van der Waals surface area contributed by atoms with Crippen molar-refractivity contribution in [1.29, 1.82) is 0 Å². The first-order valence-corrected chi connectivity index (χ1v) is 5.54. The summed E-state index contributed by atoms with van der Waals surface area (Å²) in [6, 6.07) is 5.64. The lowest BCUT2D eigenvalue weighted by Crippen LogP contribution is -2.40. The summed E-state index contributed by atoms with van der Waals surface area (Å²) in [6.45, 7) is 1.43. The monoisotopic (exact) mass is 253 g/mol. The van der Waals surface area contributed by atoms with Gasteiger partial charge >= 0.3 is 0 Å². The number of rotatable bonds is 5. The number of nitrogens with two attached hydrogens (primary N) is 1. The highest BCUT2D eigenvalue weighted by Crippen LogP contribution is 2.12. The first-order valence-electron chi connectivity index (χ1n) is 5.54. The Morgan fingerprint density at radius 2 is 2.11 bits per heavy atom. The molecule has 0 heterocycles. The molecule has 0 aliphatic heterocycles. The predicted octanol–water partition coefficient (Wildman–Crippen LogP) is 0.0778. The highest BCUT2D eigenvalue weighted by molar-refractivity contribution is 5.85. The van der Waals surface area contributed by atoms with Crippen molar-refractivity contribution in [3.05, 3.63) is 35.6 Å². The average Bonchev–Trinajstić information content (AvgIpc) is 2.35. The van der Waals surface area contributed by atoms with Gasteiger partial charge in [-0.3, -0.25) is 9.59 Å². The van der Waals surface area contributed by atoms with E-state index in [0.717, 1.165) is 0 Å². The Balaban J connectivity index is 2.47. The van der Waals surface area contributed by atoms with Gasteiger partial charge in [0.1, 0.15) is 5.82 Å². The maximum absolute atomic E-state index is 13.0. The maximum atomic E-state index is 13.0. The molecule has 0 radical (unpaired) electrons. The normalized spacial score (nSPS) is 11.7. The fourth-order valence-electron chi connectivity index (χ4n) is 1.40. The third kappa shape index (κ3) is 4.50. The van der Waals surface area contributed by atoms with Gasteiger partial charge in [-0.05, 0) is 24.6 Å². The summed E-state index contributed by atoms with van der Waals surface area (Å²) in [5, 5.41) is 4.99. The fourth-order valence-corrected chi connectivity index (χ4v) is 1.40. The Kier molecular flexibility index (Phi) is 5.26. The second kappa shape index (κ2) is 6.70. The van der Waals surface area contributed by atoms with E-state index in [9.17, 15) is 14.0 Å². The van der Waals surface area contributed by atoms with E-state index in [1.54, 1.807) is 19.1 Å². The lowest BCUT2D eigenvalue weighted by Gasteiger charge is -2.14. The fraction of sp³-hybridized carbons (Fsp3) is 0.333. The minimum atomic E-state index is -0.399. The van der Waals surface area contributed by atoms with Gasteiger partial charge in [0, 0.05) is 0 Å². The molecule has 0 aromatic heterocycles. The molecule has 18 heavy (non-hydrogen) atoms. The lowest BCUT2D eigenvalue weighted by atomic mass is 10.1. The molecule has 5 nitrogen and oxygen atoms in total. The highest BCUT2D eigenvalue weighted by Gasteiger charge is 2.10. The van der Waals surface area contributed by atoms with Gasteiger partial charge < -0.3 is 16.4 Å². The first-order chi connectivity index (χ1) is 8.52. The Hall–Kier alpha value is -1.95. The molecule has 1 rings (SSSR count). The summed E-state index contributed by atoms with van der Waals surface area (Å²) in [4.78, 5) is 22.3. The standard InChI is InChI=1S/C12H16FN3O2/c1-8(9-3-2-4-10(13)5-9)16-12(18)7-15-11(17)6-14/h2-5,8H,6-7,14H2,1H3,(H,15,17)(H,16,18). The van der Waals surface area contributed by atoms with E-state index < -0.39 is 5.91 Å². The summed E-state index contributed by atoms with van der Waals surface area (Å²) < 4.78 is 13.0. The number of amides is 2. The highest BCUT2D eigenvalue weighted by atomic mass is 19.1. The van der Waals surface area contributed by atoms with Crippen LogP contribution in [0.15, 0.2) is 24.3 Å². The van der Waals surface area contributed by atoms with E-state index >= 15 is 0 Å². The van der Waals surface area contributed by atoms with Crippen LogP contribution in [0.1, 0.15) is 18.5 Å². The van der Waals surface area contributed by atoms with Gasteiger partial charge in [0.2, 0.25) is 11.8 Å². The van der Waals surface area contributed by atoms with E-state index in [4.69, 9.17) is 5.73 Å². The van der Waals surface area contributed by atoms with Crippen LogP contribution >= 0.6 is 0 Å². The van der Waals surface area contributed by atoms with Crippen molar-refractivity contribution in [2.24, 2.45) is 5.73 Å². The van der Waals surface area contributed by atoms with E-state index in [-0.39, 0.29) is 30.9 Å². The predicted molar refractivity (Wildman–Crippen MR) is 65.0 cm³/mol. The molecule has 0 fully saturated rings. The van der Waals surface area contributed by atoms with Gasteiger partial charge in [-0.25, -0.2) is 4.39 Å². The zero-order chi connectivity index (χ0) is 13.5. The number of carbonyl (C=O) groups is 2. The zero-order valence-electron chi connectivity index (χ0n) is 10.1. The first kappa shape index (κ1) is 14.1. The molecule has 0 aliphatic rings. The Morgan fingerprint density at radius 1 is 1.39 bits per heavy atom. The van der Waals surface area contributed by atoms with Crippen LogP contribution in [0.25, 0.3) is 0 Å². The van der Waals surface area contributed by atoms with Crippen molar-refractivity contribution in [1.82, 2.24) is 10.6 Å². The van der Waals surface area contributed by atoms with Gasteiger partial charge in [0.15, 0.2) is 0 Å². The zero-order valence-corrected chi connectivity index (χ0v) is 10.1. The number of halogens is 1. The maximum Gasteiger partial charge on any atom is 0.239 e. The van der Waals surface area contributed by atoms with E-state index in [0.29, 0.717) is 5.56 Å². The van der Waals surface area contributed by atoms with Crippen LogP contribution in [-0.2, 0) is 9.59 Å². The Labute approximate surface area is 105 Å². The Morgan fingerprint density at radius 3 is 2.72 bits per heavy atom. The smallest absolute Gasteiger partial charge is 0.239 e. The molecule has 0 aliphatic carbocycles. The minimum Gasteiger partial charge on any atom is -0.348 e. The van der Waals surface area contributed by atoms with Gasteiger partial charge in [-0.15, -0.1) is 0 Å². The summed E-state index contributed by atoms with van der Waals surface area (Å²) in [5.41, 5.74) is 5.74. The minimum absolute atomic E-state index is 0.143. The van der Waals surface area contributed by atoms with Gasteiger partial charge in [0.05, 0.1) is 19.1 Å². The van der Waals surface area contributed by atoms with E-state index in [1.165, 1.54) is 12.1 Å². The van der Waals surface area contributed by atoms with Gasteiger partial charge in [-0.2, -0.15) is 0 Å². The molecule has 0 saturated heterocycles. The van der Waals surface area contributed by atoms with Crippen LogP contribution in [0.4, 0.5) is 4.39 Å². The summed E-state index contributed by atoms with van der Waals surface area (Å²) in [6.07, 6.45) is 0. The summed E-state index contributed by atoms with van der Waals surface area (Å²) in [7, 11) is 0. The number of nitrogens with one attached hydrogen (secondary N) is 2. The average molecular weight is 253 g/mol. The second-order valence-electron chi connectivity index (χ2n) is 3.83. The number of carbonyl (C=O) groups excluding carboxylic acids is 2. The largest absolute Gasteiger partial charge is 0.348 e. The van der Waals surface area contributed by atoms with E-state index in [2.05, 4.69) is 10.6 Å². The third-order valence-electron chi connectivity index (χ3n) is 2.36. The molecule has 1 aromatic rings. The SMILES string of the molecule is CC(NC(=O)CNC(=O)CN)c1cccc(F)c1. The van der Waals surface area contributed by atoms with Crippen molar-refractivity contribution in [2.75, 3.05) is 13.1 Å². The molecule has 0 spiro atoms. The van der Waals surface area contributed by atoms with E-state index in [1.807, 2.05) is 0 Å². The number of hydrogen-bond acceptors (Lipinski definition) is 3. The second-order valence-corrected chi connectivity index (χ2v) is 3.83. The quantitative estimate of drug-likeness (QED) is 0.694. The van der Waals surface area contributed by atoms with Crippen molar-refractivity contribution in [2.45, 2.75) is 13.0 Å². The van der Waals surface area contributed by atoms with Gasteiger partial charge in [0.25, 0.3) is 0 Å². The van der Waals surface area contributed by atoms with Crippen molar-refractivity contribution in [3.8, 4) is 0 Å². The number of benzene rings is 1. The lowest BCUT2D eigenvalue weighted by molar-refractivity contribution is -0.125. The Bertz CT molecular complexity index is 437. The molecule has 1 unspecified atom stereocenters.